The number of nitrogens with zero attached hydrogens (tertiary/aromatic N) is 3. The number of nitro benzene ring substituents is 1. The Hall–Kier alpha value is -4.03. The fourth-order valence-corrected chi connectivity index (χ4v) is 3.43. The van der Waals surface area contributed by atoms with Crippen molar-refractivity contribution in [2.75, 3.05) is 17.7 Å². The van der Waals surface area contributed by atoms with Gasteiger partial charge in [-0.2, -0.15) is 18.3 Å². The second-order valence-electron chi connectivity index (χ2n) is 7.00. The van der Waals surface area contributed by atoms with Gasteiger partial charge < -0.3 is 19.8 Å². The molecule has 0 saturated heterocycles. The van der Waals surface area contributed by atoms with E-state index in [2.05, 4.69) is 15.7 Å². The second-order valence-corrected chi connectivity index (χ2v) is 7.00. The number of anilines is 2. The molecule has 1 aromatic carbocycles. The third-order valence-electron chi connectivity index (χ3n) is 4.90. The van der Waals surface area contributed by atoms with E-state index >= 15 is 0 Å². The molecule has 0 fully saturated rings. The van der Waals surface area contributed by atoms with Crippen molar-refractivity contribution < 1.29 is 32.0 Å². The zero-order valence-corrected chi connectivity index (χ0v) is 16.4. The summed E-state index contributed by atoms with van der Waals surface area (Å²) in [5, 5.41) is 20.2. The Balaban J connectivity index is 1.63. The van der Waals surface area contributed by atoms with Crippen molar-refractivity contribution in [1.82, 2.24) is 9.78 Å². The number of aromatic nitrogens is 2. The number of non-ortho nitro benzene ring substituents is 1. The molecule has 0 radical (unpaired) electrons. The normalized spacial score (nSPS) is 17.9. The van der Waals surface area contributed by atoms with Gasteiger partial charge in [-0.3, -0.25) is 14.9 Å². The van der Waals surface area contributed by atoms with Crippen LogP contribution >= 0.6 is 0 Å². The number of hydrogen-bond donors (Lipinski definition) is 2. The summed E-state index contributed by atoms with van der Waals surface area (Å²) in [6.45, 7) is 0. The van der Waals surface area contributed by atoms with E-state index in [0.717, 1.165) is 12.1 Å². The zero-order chi connectivity index (χ0) is 23.0. The molecule has 2 N–H and O–H groups in total. The number of methoxy groups -OCH3 is 1. The van der Waals surface area contributed by atoms with E-state index in [4.69, 9.17) is 9.15 Å². The maximum atomic E-state index is 13.7. The quantitative estimate of drug-likeness (QED) is 0.438. The van der Waals surface area contributed by atoms with E-state index in [1.165, 1.54) is 25.5 Å². The van der Waals surface area contributed by atoms with E-state index in [1.54, 1.807) is 12.1 Å². The van der Waals surface area contributed by atoms with Crippen LogP contribution in [0.2, 0.25) is 0 Å². The Bertz CT molecular complexity index is 1160. The summed E-state index contributed by atoms with van der Waals surface area (Å²) in [4.78, 5) is 23.1. The number of nitro groups is 1. The minimum absolute atomic E-state index is 0.0123. The lowest BCUT2D eigenvalue weighted by molar-refractivity contribution is -0.384. The van der Waals surface area contributed by atoms with Crippen LogP contribution in [0.4, 0.5) is 30.4 Å². The van der Waals surface area contributed by atoms with Crippen LogP contribution in [0.15, 0.2) is 47.1 Å². The topological polar surface area (TPSA) is 124 Å². The number of furan rings is 1. The number of rotatable bonds is 5. The van der Waals surface area contributed by atoms with Gasteiger partial charge in [0.2, 0.25) is 0 Å². The van der Waals surface area contributed by atoms with Gasteiger partial charge in [-0.05, 0) is 12.1 Å². The summed E-state index contributed by atoms with van der Waals surface area (Å²) in [6.07, 6.45) is -3.64. The molecule has 0 saturated carbocycles. The first-order valence-electron chi connectivity index (χ1n) is 9.26. The molecule has 4 rings (SSSR count). The number of amides is 1. The predicted octanol–water partition coefficient (Wildman–Crippen LogP) is 4.31. The summed E-state index contributed by atoms with van der Waals surface area (Å²) in [5.41, 5.74) is -0.600. The summed E-state index contributed by atoms with van der Waals surface area (Å²) >= 11 is 0. The van der Waals surface area contributed by atoms with Crippen molar-refractivity contribution in [1.29, 1.82) is 0 Å². The molecule has 0 aliphatic carbocycles. The SMILES string of the molecule is COc1cc(NC(=O)c2cc3n(n2)[C@@H](C(F)(F)F)C[C@@H](c2ccco2)N3)cc([N+](=O)[O-])c1. The fourth-order valence-electron chi connectivity index (χ4n) is 3.43. The van der Waals surface area contributed by atoms with E-state index in [-0.39, 0.29) is 35.1 Å². The first-order valence-corrected chi connectivity index (χ1v) is 9.26. The highest BCUT2D eigenvalue weighted by Crippen LogP contribution is 2.43. The van der Waals surface area contributed by atoms with Crippen molar-refractivity contribution in [2.24, 2.45) is 0 Å². The highest BCUT2D eigenvalue weighted by Gasteiger charge is 2.47. The summed E-state index contributed by atoms with van der Waals surface area (Å²) in [5.74, 6) is -0.409. The van der Waals surface area contributed by atoms with Crippen molar-refractivity contribution >= 4 is 23.1 Å². The molecule has 0 spiro atoms. The zero-order valence-electron chi connectivity index (χ0n) is 16.4. The first kappa shape index (κ1) is 21.2. The third kappa shape index (κ3) is 4.08. The highest BCUT2D eigenvalue weighted by atomic mass is 19.4. The van der Waals surface area contributed by atoms with Crippen LogP contribution in [0.1, 0.15) is 34.8 Å². The number of halogens is 3. The largest absolute Gasteiger partial charge is 0.496 e. The number of ether oxygens (including phenoxy) is 1. The number of alkyl halides is 3. The number of carbonyl (C=O) groups excluding carboxylic acids is 1. The number of fused-ring (bicyclic) bond motifs is 1. The molecule has 32 heavy (non-hydrogen) atoms. The number of hydrogen-bond acceptors (Lipinski definition) is 7. The van der Waals surface area contributed by atoms with Gasteiger partial charge in [-0.15, -0.1) is 0 Å². The maximum absolute atomic E-state index is 13.7. The Labute approximate surface area is 178 Å². The van der Waals surface area contributed by atoms with Crippen LogP contribution in [0.25, 0.3) is 0 Å². The number of nitrogens with one attached hydrogen (secondary N) is 2. The van der Waals surface area contributed by atoms with Gasteiger partial charge in [0.15, 0.2) is 11.7 Å². The lowest BCUT2D eigenvalue weighted by Crippen LogP contribution is -2.35. The van der Waals surface area contributed by atoms with Crippen molar-refractivity contribution in [2.45, 2.75) is 24.7 Å². The van der Waals surface area contributed by atoms with Crippen LogP contribution in [-0.2, 0) is 0 Å². The average Bonchev–Trinajstić information content (AvgIpc) is 3.41. The van der Waals surface area contributed by atoms with Crippen molar-refractivity contribution in [3.63, 3.8) is 0 Å². The van der Waals surface area contributed by atoms with Gasteiger partial charge in [-0.1, -0.05) is 0 Å². The Morgan fingerprint density at radius 2 is 2.16 bits per heavy atom. The molecule has 0 unspecified atom stereocenters. The second kappa shape index (κ2) is 7.90. The molecular weight excluding hydrogens is 435 g/mol. The molecule has 1 amide bonds. The lowest BCUT2D eigenvalue weighted by atomic mass is 10.0. The molecular formula is C19H16F3N5O5. The smallest absolute Gasteiger partial charge is 0.410 e. The van der Waals surface area contributed by atoms with Crippen LogP contribution in [0.3, 0.4) is 0 Å². The number of benzene rings is 1. The van der Waals surface area contributed by atoms with E-state index in [0.29, 0.717) is 10.4 Å². The van der Waals surface area contributed by atoms with E-state index in [1.807, 2.05) is 0 Å². The highest BCUT2D eigenvalue weighted by molar-refractivity contribution is 6.03. The Morgan fingerprint density at radius 1 is 1.38 bits per heavy atom. The molecule has 0 bridgehead atoms. The van der Waals surface area contributed by atoms with Crippen LogP contribution in [0, 0.1) is 10.1 Å². The van der Waals surface area contributed by atoms with Gasteiger partial charge in [0.1, 0.15) is 17.3 Å². The number of carbonyl (C=O) groups is 1. The molecule has 2 atom stereocenters. The van der Waals surface area contributed by atoms with E-state index < -0.39 is 29.1 Å². The van der Waals surface area contributed by atoms with Crippen molar-refractivity contribution in [3.8, 4) is 5.75 Å². The molecule has 3 heterocycles. The standard InChI is InChI=1S/C19H16F3N5O5/c1-31-12-6-10(5-11(7-12)27(29)30)23-18(28)14-9-17-24-13(15-3-2-4-32-15)8-16(19(20,21)22)26(17)25-14/h2-7,9,13,16,24H,8H2,1H3,(H,23,28)/t13-,16+/m0/s1. The lowest BCUT2D eigenvalue weighted by Gasteiger charge is -2.32. The molecule has 3 aromatic rings. The molecule has 10 nitrogen and oxygen atoms in total. The first-order chi connectivity index (χ1) is 15.2. The van der Waals surface area contributed by atoms with Gasteiger partial charge >= 0.3 is 6.18 Å². The Kier molecular flexibility index (Phi) is 5.24. The van der Waals surface area contributed by atoms with Gasteiger partial charge in [0.25, 0.3) is 11.6 Å². The monoisotopic (exact) mass is 451 g/mol. The van der Waals surface area contributed by atoms with Gasteiger partial charge in [0, 0.05) is 24.6 Å². The third-order valence-corrected chi connectivity index (χ3v) is 4.90. The molecule has 1 aliphatic heterocycles. The Morgan fingerprint density at radius 3 is 2.78 bits per heavy atom. The van der Waals surface area contributed by atoms with E-state index in [9.17, 15) is 28.1 Å². The average molecular weight is 451 g/mol. The fraction of sp³-hybridized carbons (Fsp3) is 0.263. The van der Waals surface area contributed by atoms with Crippen LogP contribution in [0.5, 0.6) is 5.75 Å². The van der Waals surface area contributed by atoms with Crippen LogP contribution < -0.4 is 15.4 Å². The summed E-state index contributed by atoms with van der Waals surface area (Å²) < 4.78 is 52.0. The summed E-state index contributed by atoms with van der Waals surface area (Å²) in [7, 11) is 1.30. The molecule has 13 heteroatoms. The minimum Gasteiger partial charge on any atom is -0.496 e. The summed E-state index contributed by atoms with van der Waals surface area (Å²) in [6, 6.07) is 5.16. The van der Waals surface area contributed by atoms with Crippen molar-refractivity contribution in [3.05, 3.63) is 64.2 Å². The maximum Gasteiger partial charge on any atom is 0.410 e. The predicted molar refractivity (Wildman–Crippen MR) is 105 cm³/mol. The van der Waals surface area contributed by atoms with Gasteiger partial charge in [0.05, 0.1) is 36.1 Å². The van der Waals surface area contributed by atoms with Crippen LogP contribution in [-0.4, -0.2) is 33.9 Å². The van der Waals surface area contributed by atoms with Gasteiger partial charge in [-0.25, -0.2) is 4.68 Å². The molecule has 1 aliphatic rings. The minimum atomic E-state index is -4.62. The molecule has 168 valence electrons. The molecule has 2 aromatic heterocycles.